The van der Waals surface area contributed by atoms with Gasteiger partial charge in [-0.2, -0.15) is 15.0 Å². The molecule has 1 aliphatic heterocycles. The number of nitrogens with one attached hydrogen (secondary N) is 1. The van der Waals surface area contributed by atoms with Crippen LogP contribution in [-0.4, -0.2) is 63.3 Å². The van der Waals surface area contributed by atoms with E-state index in [4.69, 9.17) is 4.74 Å². The average molecular weight is 276 g/mol. The number of ether oxygens (including phenoxy) is 1. The molecule has 2 aromatic rings. The second-order valence-electron chi connectivity index (χ2n) is 4.37. The summed E-state index contributed by atoms with van der Waals surface area (Å²) < 4.78 is 6.98. The van der Waals surface area contributed by atoms with Crippen molar-refractivity contribution in [2.75, 3.05) is 43.6 Å². The molecule has 0 radical (unpaired) electrons. The summed E-state index contributed by atoms with van der Waals surface area (Å²) in [7, 11) is 3.59. The van der Waals surface area contributed by atoms with Gasteiger partial charge in [0.1, 0.15) is 5.69 Å². The van der Waals surface area contributed by atoms with Gasteiger partial charge in [-0.15, -0.1) is 5.10 Å². The second-order valence-corrected chi connectivity index (χ2v) is 4.37. The number of rotatable bonds is 3. The van der Waals surface area contributed by atoms with Crippen molar-refractivity contribution in [2.45, 2.75) is 0 Å². The fourth-order valence-electron chi connectivity index (χ4n) is 1.99. The van der Waals surface area contributed by atoms with Gasteiger partial charge in [0.2, 0.25) is 11.9 Å². The minimum absolute atomic E-state index is 0.526. The van der Waals surface area contributed by atoms with Crippen molar-refractivity contribution in [2.24, 2.45) is 7.05 Å². The first-order chi connectivity index (χ1) is 9.78. The predicted octanol–water partition coefficient (Wildman–Crippen LogP) is -0.455. The Bertz CT molecular complexity index is 592. The van der Waals surface area contributed by atoms with Crippen LogP contribution in [0.2, 0.25) is 0 Å². The van der Waals surface area contributed by atoms with E-state index in [1.807, 2.05) is 0 Å². The minimum atomic E-state index is 0.526. The molecule has 0 unspecified atom stereocenters. The molecule has 9 nitrogen and oxygen atoms in total. The zero-order valence-electron chi connectivity index (χ0n) is 11.4. The summed E-state index contributed by atoms with van der Waals surface area (Å²) >= 11 is 0. The molecule has 0 bridgehead atoms. The molecule has 9 heteroatoms. The molecule has 1 aliphatic rings. The smallest absolute Gasteiger partial charge is 0.230 e. The molecule has 1 N–H and O–H groups in total. The third-order valence-corrected chi connectivity index (χ3v) is 3.08. The molecule has 0 aliphatic carbocycles. The number of anilines is 2. The van der Waals surface area contributed by atoms with Crippen LogP contribution in [-0.2, 0) is 11.8 Å². The van der Waals surface area contributed by atoms with Gasteiger partial charge in [-0.25, -0.2) is 4.68 Å². The zero-order valence-corrected chi connectivity index (χ0v) is 11.4. The molecule has 0 spiro atoms. The Balaban J connectivity index is 2.00. The lowest BCUT2D eigenvalue weighted by molar-refractivity contribution is 0.122. The first kappa shape index (κ1) is 12.7. The Morgan fingerprint density at radius 2 is 2.00 bits per heavy atom. The van der Waals surface area contributed by atoms with Crippen LogP contribution >= 0.6 is 0 Å². The Hall–Kier alpha value is -2.29. The molecule has 2 aromatic heterocycles. The first-order valence-corrected chi connectivity index (χ1v) is 6.39. The molecular weight excluding hydrogens is 260 g/mol. The monoisotopic (exact) mass is 276 g/mol. The molecule has 0 saturated carbocycles. The molecule has 1 saturated heterocycles. The fraction of sp³-hybridized carbons (Fsp3) is 0.545. The average Bonchev–Trinajstić information content (AvgIpc) is 2.94. The van der Waals surface area contributed by atoms with E-state index in [2.05, 4.69) is 35.5 Å². The molecular formula is C11H16N8O. The topological polar surface area (TPSA) is 93.9 Å². The Labute approximate surface area is 116 Å². The van der Waals surface area contributed by atoms with Gasteiger partial charge in [-0.1, -0.05) is 5.21 Å². The zero-order chi connectivity index (χ0) is 13.9. The van der Waals surface area contributed by atoms with E-state index in [0.717, 1.165) is 18.8 Å². The van der Waals surface area contributed by atoms with Crippen LogP contribution < -0.4 is 10.2 Å². The molecule has 3 heterocycles. The molecule has 0 aromatic carbocycles. The summed E-state index contributed by atoms with van der Waals surface area (Å²) in [6.45, 7) is 2.92. The fourth-order valence-corrected chi connectivity index (χ4v) is 1.99. The van der Waals surface area contributed by atoms with E-state index in [-0.39, 0.29) is 0 Å². The van der Waals surface area contributed by atoms with Gasteiger partial charge in [0, 0.05) is 27.2 Å². The largest absolute Gasteiger partial charge is 0.378 e. The second kappa shape index (κ2) is 5.37. The van der Waals surface area contributed by atoms with Crippen LogP contribution in [0.4, 0.5) is 11.9 Å². The van der Waals surface area contributed by atoms with Crippen LogP contribution in [0.15, 0.2) is 6.20 Å². The van der Waals surface area contributed by atoms with Gasteiger partial charge in [-0.3, -0.25) is 0 Å². The van der Waals surface area contributed by atoms with Crippen LogP contribution in [0.3, 0.4) is 0 Å². The summed E-state index contributed by atoms with van der Waals surface area (Å²) in [6.07, 6.45) is 1.64. The number of nitrogens with zero attached hydrogens (tertiary/aromatic N) is 7. The van der Waals surface area contributed by atoms with Crippen molar-refractivity contribution in [3.63, 3.8) is 0 Å². The highest BCUT2D eigenvalue weighted by molar-refractivity contribution is 5.53. The molecule has 20 heavy (non-hydrogen) atoms. The molecule has 106 valence electrons. The van der Waals surface area contributed by atoms with Crippen molar-refractivity contribution in [3.8, 4) is 11.5 Å². The van der Waals surface area contributed by atoms with Crippen molar-refractivity contribution in [3.05, 3.63) is 6.20 Å². The highest BCUT2D eigenvalue weighted by Crippen LogP contribution is 2.18. The highest BCUT2D eigenvalue weighted by atomic mass is 16.5. The van der Waals surface area contributed by atoms with E-state index in [1.165, 1.54) is 0 Å². The van der Waals surface area contributed by atoms with E-state index < -0.39 is 0 Å². The number of aryl methyl sites for hydroxylation is 1. The number of aromatic nitrogens is 6. The normalized spacial score (nSPS) is 15.4. The molecule has 1 fully saturated rings. The molecule has 0 amide bonds. The van der Waals surface area contributed by atoms with Gasteiger partial charge >= 0.3 is 0 Å². The van der Waals surface area contributed by atoms with Gasteiger partial charge < -0.3 is 15.0 Å². The Kier molecular flexibility index (Phi) is 3.42. The number of hydrogen-bond donors (Lipinski definition) is 1. The minimum Gasteiger partial charge on any atom is -0.378 e. The van der Waals surface area contributed by atoms with Crippen molar-refractivity contribution < 1.29 is 4.74 Å². The lowest BCUT2D eigenvalue weighted by atomic mass is 10.4. The highest BCUT2D eigenvalue weighted by Gasteiger charge is 2.18. The molecule has 0 atom stereocenters. The van der Waals surface area contributed by atoms with Gasteiger partial charge in [0.15, 0.2) is 5.82 Å². The van der Waals surface area contributed by atoms with E-state index in [1.54, 1.807) is 25.0 Å². The summed E-state index contributed by atoms with van der Waals surface area (Å²) in [4.78, 5) is 15.4. The summed E-state index contributed by atoms with van der Waals surface area (Å²) in [6, 6.07) is 0. The van der Waals surface area contributed by atoms with Crippen molar-refractivity contribution >= 4 is 11.9 Å². The summed E-state index contributed by atoms with van der Waals surface area (Å²) in [5, 5.41) is 10.7. The number of hydrogen-bond acceptors (Lipinski definition) is 8. The first-order valence-electron chi connectivity index (χ1n) is 6.39. The molecule has 3 rings (SSSR count). The lowest BCUT2D eigenvalue weighted by Crippen LogP contribution is -2.37. The van der Waals surface area contributed by atoms with Crippen molar-refractivity contribution in [1.29, 1.82) is 0 Å². The lowest BCUT2D eigenvalue weighted by Gasteiger charge is -2.27. The van der Waals surface area contributed by atoms with Gasteiger partial charge in [0.05, 0.1) is 19.4 Å². The summed E-state index contributed by atoms with van der Waals surface area (Å²) in [5.74, 6) is 1.72. The predicted molar refractivity (Wildman–Crippen MR) is 72.4 cm³/mol. The van der Waals surface area contributed by atoms with Gasteiger partial charge in [0.25, 0.3) is 0 Å². The van der Waals surface area contributed by atoms with E-state index in [0.29, 0.717) is 30.9 Å². The number of morpholine rings is 1. The van der Waals surface area contributed by atoms with E-state index >= 15 is 0 Å². The van der Waals surface area contributed by atoms with Gasteiger partial charge in [-0.05, 0) is 0 Å². The quantitative estimate of drug-likeness (QED) is 0.805. The van der Waals surface area contributed by atoms with Crippen LogP contribution in [0.1, 0.15) is 0 Å². The maximum atomic E-state index is 5.35. The maximum absolute atomic E-state index is 5.35. The van der Waals surface area contributed by atoms with Crippen molar-refractivity contribution in [1.82, 2.24) is 29.9 Å². The van der Waals surface area contributed by atoms with E-state index in [9.17, 15) is 0 Å². The SMILES string of the molecule is CNc1nc(-c2cnnn2C)nc(N2CCOCC2)n1. The Morgan fingerprint density at radius 3 is 2.65 bits per heavy atom. The van der Waals surface area contributed by atoms with Crippen LogP contribution in [0.25, 0.3) is 11.5 Å². The third-order valence-electron chi connectivity index (χ3n) is 3.08. The van der Waals surface area contributed by atoms with Crippen LogP contribution in [0.5, 0.6) is 0 Å². The third kappa shape index (κ3) is 2.39. The standard InChI is InChI=1S/C11H16N8O/c1-12-10-14-9(8-7-13-17-18(8)2)15-11(16-10)19-3-5-20-6-4-19/h7H,3-6H2,1-2H3,(H,12,14,15,16). The summed E-state index contributed by atoms with van der Waals surface area (Å²) in [5.41, 5.74) is 0.749. The Morgan fingerprint density at radius 1 is 1.20 bits per heavy atom. The maximum Gasteiger partial charge on any atom is 0.230 e. The van der Waals surface area contributed by atoms with Crippen LogP contribution in [0, 0.1) is 0 Å².